The molecule has 2 atom stereocenters. The number of hydrogen-bond donors (Lipinski definition) is 1. The molecule has 0 aromatic rings. The number of ether oxygens (including phenoxy) is 4. The van der Waals surface area contributed by atoms with Crippen molar-refractivity contribution in [3.63, 3.8) is 0 Å². The number of carbonyl (C=O) groups excluding carboxylic acids is 2. The summed E-state index contributed by atoms with van der Waals surface area (Å²) in [5.74, 6) is -2.05. The van der Waals surface area contributed by atoms with Gasteiger partial charge in [0.2, 0.25) is 0 Å². The molecule has 0 heterocycles. The zero-order valence-corrected chi connectivity index (χ0v) is 40.7. The van der Waals surface area contributed by atoms with E-state index in [1.54, 1.807) is 0 Å². The zero-order valence-electron chi connectivity index (χ0n) is 40.7. The molecule has 9 heteroatoms. The summed E-state index contributed by atoms with van der Waals surface area (Å²) < 4.78 is 22.8. The molecule has 0 saturated heterocycles. The van der Waals surface area contributed by atoms with E-state index < -0.39 is 24.3 Å². The van der Waals surface area contributed by atoms with Crippen molar-refractivity contribution in [2.45, 2.75) is 193 Å². The number of esters is 2. The smallest absolute Gasteiger partial charge is 0.361 e. The third-order valence-electron chi connectivity index (χ3n) is 10.1. The van der Waals surface area contributed by atoms with E-state index in [0.29, 0.717) is 17.4 Å². The highest BCUT2D eigenvalue weighted by Crippen LogP contribution is 2.13. The molecule has 1 N–H and O–H groups in total. The standard InChI is InChI=1S/C54H91NO8/c1-6-8-10-12-14-16-18-20-22-24-25-26-27-29-31-33-35-37-39-41-43-45-52(57)63-50(49-62-54(53(58)59)60-47-46-55(3,4)5)48-61-51(56)44-42-40-38-36-34-32-30-28-23-21-19-17-15-13-11-9-7-2/h8,10,14-17,20-23,25-26,29,31,50,54H,6-7,9,11-13,18-19,24,27-28,30,32-49H2,1-5H3/p+1/b10-8-,16-14-,17-15-,22-20-,23-21-,26-25-,31-29-. The first-order valence-electron chi connectivity index (χ1n) is 24.8. The van der Waals surface area contributed by atoms with E-state index in [0.717, 1.165) is 103 Å². The van der Waals surface area contributed by atoms with Crippen LogP contribution < -0.4 is 0 Å². The van der Waals surface area contributed by atoms with Gasteiger partial charge in [0.05, 0.1) is 34.4 Å². The first kappa shape index (κ1) is 59.5. The molecule has 0 aliphatic carbocycles. The summed E-state index contributed by atoms with van der Waals surface area (Å²) >= 11 is 0. The van der Waals surface area contributed by atoms with Crippen LogP contribution in [0.4, 0.5) is 0 Å². The van der Waals surface area contributed by atoms with Crippen molar-refractivity contribution >= 4 is 17.9 Å². The Morgan fingerprint density at radius 1 is 0.492 bits per heavy atom. The van der Waals surface area contributed by atoms with E-state index in [9.17, 15) is 19.5 Å². The van der Waals surface area contributed by atoms with Crippen molar-refractivity contribution in [1.82, 2.24) is 0 Å². The van der Waals surface area contributed by atoms with Gasteiger partial charge >= 0.3 is 17.9 Å². The molecule has 9 nitrogen and oxygen atoms in total. The summed E-state index contributed by atoms with van der Waals surface area (Å²) in [5.41, 5.74) is 0. The Balaban J connectivity index is 4.45. The van der Waals surface area contributed by atoms with E-state index in [4.69, 9.17) is 18.9 Å². The van der Waals surface area contributed by atoms with Crippen LogP contribution in [0, 0.1) is 0 Å². The molecule has 63 heavy (non-hydrogen) atoms. The molecule has 0 aliphatic rings. The van der Waals surface area contributed by atoms with Gasteiger partial charge in [0.15, 0.2) is 6.10 Å². The lowest BCUT2D eigenvalue weighted by Gasteiger charge is -2.25. The average Bonchev–Trinajstić information content (AvgIpc) is 3.24. The van der Waals surface area contributed by atoms with Crippen molar-refractivity contribution in [2.75, 3.05) is 47.5 Å². The molecule has 0 aliphatic heterocycles. The van der Waals surface area contributed by atoms with Crippen LogP contribution >= 0.6 is 0 Å². The Morgan fingerprint density at radius 3 is 1.35 bits per heavy atom. The predicted octanol–water partition coefficient (Wildman–Crippen LogP) is 13.7. The Bertz CT molecular complexity index is 1300. The third kappa shape index (κ3) is 46.3. The highest BCUT2D eigenvalue weighted by molar-refractivity contribution is 5.71. The minimum Gasteiger partial charge on any atom is -0.477 e. The number of carboxylic acid groups (broad SMARTS) is 1. The molecular weight excluding hydrogens is 791 g/mol. The average molecular weight is 883 g/mol. The van der Waals surface area contributed by atoms with Gasteiger partial charge in [0.25, 0.3) is 6.29 Å². The van der Waals surface area contributed by atoms with Crippen molar-refractivity contribution in [3.05, 3.63) is 85.1 Å². The first-order chi connectivity index (χ1) is 30.6. The van der Waals surface area contributed by atoms with Crippen molar-refractivity contribution in [3.8, 4) is 0 Å². The van der Waals surface area contributed by atoms with Gasteiger partial charge < -0.3 is 28.5 Å². The fourth-order valence-electron chi connectivity index (χ4n) is 6.30. The fraction of sp³-hybridized carbons (Fsp3) is 0.685. The second-order valence-electron chi connectivity index (χ2n) is 17.4. The number of unbranched alkanes of at least 4 members (excludes halogenated alkanes) is 15. The highest BCUT2D eigenvalue weighted by atomic mass is 16.7. The van der Waals surface area contributed by atoms with Crippen LogP contribution in [0.25, 0.3) is 0 Å². The molecule has 0 amide bonds. The number of likely N-dealkylation sites (N-methyl/N-ethyl adjacent to an activating group) is 1. The summed E-state index contributed by atoms with van der Waals surface area (Å²) in [7, 11) is 5.94. The fourth-order valence-corrected chi connectivity index (χ4v) is 6.30. The van der Waals surface area contributed by atoms with E-state index in [-0.39, 0.29) is 38.6 Å². The van der Waals surface area contributed by atoms with Gasteiger partial charge in [-0.3, -0.25) is 9.59 Å². The van der Waals surface area contributed by atoms with Gasteiger partial charge in [0.1, 0.15) is 13.2 Å². The van der Waals surface area contributed by atoms with Crippen LogP contribution in [-0.4, -0.2) is 87.4 Å². The number of rotatable bonds is 44. The zero-order chi connectivity index (χ0) is 46.3. The summed E-state index contributed by atoms with van der Waals surface area (Å²) in [6.07, 6.45) is 54.9. The number of nitrogens with zero attached hydrogens (tertiary/aromatic N) is 1. The van der Waals surface area contributed by atoms with Gasteiger partial charge in [-0.25, -0.2) is 4.79 Å². The van der Waals surface area contributed by atoms with Gasteiger partial charge in [-0.2, -0.15) is 0 Å². The number of hydrogen-bond acceptors (Lipinski definition) is 7. The largest absolute Gasteiger partial charge is 0.477 e. The predicted molar refractivity (Wildman–Crippen MR) is 262 cm³/mol. The maximum Gasteiger partial charge on any atom is 0.361 e. The highest BCUT2D eigenvalue weighted by Gasteiger charge is 2.25. The number of allylic oxidation sites excluding steroid dienone is 14. The van der Waals surface area contributed by atoms with Crippen molar-refractivity contribution < 1.29 is 42.9 Å². The number of carbonyl (C=O) groups is 3. The second kappa shape index (κ2) is 45.1. The summed E-state index contributed by atoms with van der Waals surface area (Å²) in [4.78, 5) is 37.2. The van der Waals surface area contributed by atoms with E-state index in [2.05, 4.69) is 98.9 Å². The Kier molecular flexibility index (Phi) is 42.5. The maximum atomic E-state index is 12.8. The van der Waals surface area contributed by atoms with Gasteiger partial charge in [-0.05, 0) is 89.9 Å². The Morgan fingerprint density at radius 2 is 0.905 bits per heavy atom. The van der Waals surface area contributed by atoms with Crippen molar-refractivity contribution in [1.29, 1.82) is 0 Å². The monoisotopic (exact) mass is 883 g/mol. The lowest BCUT2D eigenvalue weighted by molar-refractivity contribution is -0.870. The lowest BCUT2D eigenvalue weighted by Crippen LogP contribution is -2.40. The summed E-state index contributed by atoms with van der Waals surface area (Å²) in [6, 6.07) is 0. The van der Waals surface area contributed by atoms with Crippen LogP contribution in [0.15, 0.2) is 85.1 Å². The van der Waals surface area contributed by atoms with E-state index in [1.165, 1.54) is 44.9 Å². The molecular formula is C54H92NO8+. The Hall–Kier alpha value is -3.53. The molecule has 0 aromatic carbocycles. The quantitative estimate of drug-likeness (QED) is 0.0212. The van der Waals surface area contributed by atoms with Crippen LogP contribution in [-0.2, 0) is 33.3 Å². The normalized spacial score (nSPS) is 13.6. The lowest BCUT2D eigenvalue weighted by atomic mass is 10.1. The van der Waals surface area contributed by atoms with Gasteiger partial charge in [-0.15, -0.1) is 0 Å². The number of carboxylic acids is 1. The summed E-state index contributed by atoms with van der Waals surface area (Å²) in [5, 5.41) is 9.66. The van der Waals surface area contributed by atoms with Crippen LogP contribution in [0.3, 0.4) is 0 Å². The molecule has 0 bridgehead atoms. The number of quaternary nitrogens is 1. The SMILES string of the molecule is CC/C=C\C/C=C\C/C=C\C/C=C\C/C=C\CCCCCCCC(=O)OC(COC(=O)CCCCCCCCC/C=C\C/C=C\CCCCC)COC(OCC[N+](C)(C)C)C(=O)O. The second-order valence-corrected chi connectivity index (χ2v) is 17.4. The van der Waals surface area contributed by atoms with Crippen LogP contribution in [0.1, 0.15) is 181 Å². The topological polar surface area (TPSA) is 108 Å². The van der Waals surface area contributed by atoms with Gasteiger partial charge in [-0.1, -0.05) is 163 Å². The van der Waals surface area contributed by atoms with Crippen molar-refractivity contribution in [2.24, 2.45) is 0 Å². The summed E-state index contributed by atoms with van der Waals surface area (Å²) in [6.45, 7) is 4.68. The third-order valence-corrected chi connectivity index (χ3v) is 10.1. The van der Waals surface area contributed by atoms with Crippen LogP contribution in [0.5, 0.6) is 0 Å². The molecule has 0 aromatic heterocycles. The molecule has 0 rings (SSSR count). The molecule has 0 spiro atoms. The minimum atomic E-state index is -1.52. The van der Waals surface area contributed by atoms with Crippen LogP contribution in [0.2, 0.25) is 0 Å². The first-order valence-corrected chi connectivity index (χ1v) is 24.8. The Labute approximate surface area is 385 Å². The van der Waals surface area contributed by atoms with E-state index in [1.807, 2.05) is 21.1 Å². The molecule has 0 fully saturated rings. The molecule has 0 saturated carbocycles. The molecule has 0 radical (unpaired) electrons. The number of aliphatic carboxylic acids is 1. The molecule has 2 unspecified atom stereocenters. The minimum absolute atomic E-state index is 0.178. The van der Waals surface area contributed by atoms with E-state index >= 15 is 0 Å². The maximum absolute atomic E-state index is 12.8. The van der Waals surface area contributed by atoms with Gasteiger partial charge in [0, 0.05) is 12.8 Å². The molecule has 360 valence electrons.